The van der Waals surface area contributed by atoms with Gasteiger partial charge in [-0.2, -0.15) is 4.98 Å². The average Bonchev–Trinajstić information content (AvgIpc) is 3.28. The summed E-state index contributed by atoms with van der Waals surface area (Å²) in [6, 6.07) is 10.1. The van der Waals surface area contributed by atoms with Crippen molar-refractivity contribution >= 4 is 5.82 Å². The Bertz CT molecular complexity index is 810. The van der Waals surface area contributed by atoms with Crippen LogP contribution in [0.4, 0.5) is 10.2 Å². The zero-order valence-electron chi connectivity index (χ0n) is 12.9. The number of halogens is 1. The molecule has 1 fully saturated rings. The van der Waals surface area contributed by atoms with Crippen molar-refractivity contribution in [2.24, 2.45) is 0 Å². The van der Waals surface area contributed by atoms with Gasteiger partial charge in [0.1, 0.15) is 11.6 Å². The fourth-order valence-electron chi connectivity index (χ4n) is 2.85. The van der Waals surface area contributed by atoms with E-state index in [2.05, 4.69) is 25.7 Å². The van der Waals surface area contributed by atoms with Gasteiger partial charge in [0.05, 0.1) is 0 Å². The summed E-state index contributed by atoms with van der Waals surface area (Å²) in [7, 11) is 0. The maximum atomic E-state index is 13.0. The first-order chi connectivity index (χ1) is 11.8. The molecule has 0 spiro atoms. The summed E-state index contributed by atoms with van der Waals surface area (Å²) < 4.78 is 18.2. The van der Waals surface area contributed by atoms with E-state index < -0.39 is 0 Å². The maximum absolute atomic E-state index is 13.0. The van der Waals surface area contributed by atoms with Gasteiger partial charge in [-0.3, -0.25) is 0 Å². The quantitative estimate of drug-likeness (QED) is 0.788. The molecule has 1 aliphatic carbocycles. The second-order valence-electron chi connectivity index (χ2n) is 5.86. The third kappa shape index (κ3) is 3.10. The Kier molecular flexibility index (Phi) is 3.90. The highest BCUT2D eigenvalue weighted by atomic mass is 19.1. The Hall–Kier alpha value is -2.83. The SMILES string of the molecule is Fc1ccc(-c2noc(-c3ccc(NC4CCCC4)nn3)n2)cc1. The molecule has 0 amide bonds. The monoisotopic (exact) mass is 325 g/mol. The molecule has 2 aromatic heterocycles. The third-order valence-electron chi connectivity index (χ3n) is 4.12. The summed E-state index contributed by atoms with van der Waals surface area (Å²) in [5, 5.41) is 15.6. The predicted octanol–water partition coefficient (Wildman–Crippen LogP) is 3.69. The molecule has 1 saturated carbocycles. The highest BCUT2D eigenvalue weighted by molar-refractivity contribution is 5.57. The number of aromatic nitrogens is 4. The first-order valence-corrected chi connectivity index (χ1v) is 7.98. The lowest BCUT2D eigenvalue weighted by Crippen LogP contribution is -2.15. The predicted molar refractivity (Wildman–Crippen MR) is 86.6 cm³/mol. The van der Waals surface area contributed by atoms with Crippen LogP contribution in [0.5, 0.6) is 0 Å². The number of nitrogens with zero attached hydrogens (tertiary/aromatic N) is 4. The molecule has 122 valence electrons. The third-order valence-corrected chi connectivity index (χ3v) is 4.12. The lowest BCUT2D eigenvalue weighted by atomic mass is 10.2. The van der Waals surface area contributed by atoms with Gasteiger partial charge in [-0.15, -0.1) is 10.2 Å². The van der Waals surface area contributed by atoms with Gasteiger partial charge in [-0.05, 0) is 49.2 Å². The van der Waals surface area contributed by atoms with Crippen molar-refractivity contribution in [3.8, 4) is 23.0 Å². The van der Waals surface area contributed by atoms with Crippen molar-refractivity contribution < 1.29 is 8.91 Å². The van der Waals surface area contributed by atoms with Crippen LogP contribution in [0, 0.1) is 5.82 Å². The largest absolute Gasteiger partial charge is 0.366 e. The fourth-order valence-corrected chi connectivity index (χ4v) is 2.85. The summed E-state index contributed by atoms with van der Waals surface area (Å²) in [6.45, 7) is 0. The van der Waals surface area contributed by atoms with Crippen molar-refractivity contribution in [3.63, 3.8) is 0 Å². The molecule has 0 atom stereocenters. The number of benzene rings is 1. The second kappa shape index (κ2) is 6.35. The molecule has 2 heterocycles. The zero-order valence-corrected chi connectivity index (χ0v) is 12.9. The van der Waals surface area contributed by atoms with Crippen LogP contribution in [-0.4, -0.2) is 26.4 Å². The Morgan fingerprint density at radius 3 is 2.50 bits per heavy atom. The van der Waals surface area contributed by atoms with Gasteiger partial charge in [0.2, 0.25) is 5.82 Å². The van der Waals surface area contributed by atoms with Gasteiger partial charge in [-0.25, -0.2) is 4.39 Å². The van der Waals surface area contributed by atoms with Crippen molar-refractivity contribution in [3.05, 3.63) is 42.2 Å². The van der Waals surface area contributed by atoms with Crippen molar-refractivity contribution in [2.75, 3.05) is 5.32 Å². The van der Waals surface area contributed by atoms with Crippen LogP contribution in [0.25, 0.3) is 23.0 Å². The van der Waals surface area contributed by atoms with Gasteiger partial charge in [0.15, 0.2) is 5.69 Å². The van der Waals surface area contributed by atoms with E-state index in [0.29, 0.717) is 23.1 Å². The maximum Gasteiger partial charge on any atom is 0.278 e. The van der Waals surface area contributed by atoms with Gasteiger partial charge in [-0.1, -0.05) is 18.0 Å². The topological polar surface area (TPSA) is 76.7 Å². The molecular weight excluding hydrogens is 309 g/mol. The summed E-state index contributed by atoms with van der Waals surface area (Å²) in [6.07, 6.45) is 4.87. The molecule has 0 radical (unpaired) electrons. The molecule has 1 aromatic carbocycles. The molecule has 0 saturated heterocycles. The van der Waals surface area contributed by atoms with Crippen LogP contribution >= 0.6 is 0 Å². The van der Waals surface area contributed by atoms with E-state index in [1.54, 1.807) is 18.2 Å². The standard InChI is InChI=1S/C17H16FN5O/c18-12-7-5-11(6-8-12)16-20-17(24-23-16)14-9-10-15(22-21-14)19-13-3-1-2-4-13/h5-10,13H,1-4H2,(H,19,22). The van der Waals surface area contributed by atoms with Crippen LogP contribution in [-0.2, 0) is 0 Å². The number of nitrogens with one attached hydrogen (secondary N) is 1. The number of rotatable bonds is 4. The first-order valence-electron chi connectivity index (χ1n) is 7.98. The molecule has 0 aliphatic heterocycles. The van der Waals surface area contributed by atoms with Crippen LogP contribution in [0.1, 0.15) is 25.7 Å². The smallest absolute Gasteiger partial charge is 0.278 e. The fraction of sp³-hybridized carbons (Fsp3) is 0.294. The van der Waals surface area contributed by atoms with Gasteiger partial charge in [0.25, 0.3) is 5.89 Å². The molecule has 1 N–H and O–H groups in total. The van der Waals surface area contributed by atoms with Crippen molar-refractivity contribution in [1.29, 1.82) is 0 Å². The minimum absolute atomic E-state index is 0.286. The van der Waals surface area contributed by atoms with E-state index in [-0.39, 0.29) is 11.7 Å². The molecule has 6 nitrogen and oxygen atoms in total. The average molecular weight is 325 g/mol. The van der Waals surface area contributed by atoms with Crippen LogP contribution < -0.4 is 5.32 Å². The number of hydrogen-bond donors (Lipinski definition) is 1. The lowest BCUT2D eigenvalue weighted by molar-refractivity contribution is 0.430. The van der Waals surface area contributed by atoms with E-state index in [4.69, 9.17) is 4.52 Å². The van der Waals surface area contributed by atoms with Crippen molar-refractivity contribution in [2.45, 2.75) is 31.7 Å². The normalized spacial score (nSPS) is 14.9. The molecule has 0 bridgehead atoms. The highest BCUT2D eigenvalue weighted by Gasteiger charge is 2.16. The Morgan fingerprint density at radius 2 is 1.79 bits per heavy atom. The van der Waals surface area contributed by atoms with E-state index in [1.165, 1.54) is 37.8 Å². The van der Waals surface area contributed by atoms with E-state index in [0.717, 1.165) is 5.82 Å². The molecule has 0 unspecified atom stereocenters. The molecule has 3 aromatic rings. The second-order valence-corrected chi connectivity index (χ2v) is 5.86. The summed E-state index contributed by atoms with van der Waals surface area (Å²) >= 11 is 0. The minimum atomic E-state index is -0.307. The Balaban J connectivity index is 1.50. The first kappa shape index (κ1) is 14.7. The molecule has 24 heavy (non-hydrogen) atoms. The van der Waals surface area contributed by atoms with E-state index in [1.807, 2.05) is 6.07 Å². The molecule has 1 aliphatic rings. The van der Waals surface area contributed by atoms with Crippen LogP contribution in [0.15, 0.2) is 40.9 Å². The van der Waals surface area contributed by atoms with Crippen LogP contribution in [0.3, 0.4) is 0 Å². The van der Waals surface area contributed by atoms with Crippen LogP contribution in [0.2, 0.25) is 0 Å². The summed E-state index contributed by atoms with van der Waals surface area (Å²) in [5.41, 5.74) is 1.19. The number of anilines is 1. The minimum Gasteiger partial charge on any atom is -0.366 e. The Morgan fingerprint density at radius 1 is 1.00 bits per heavy atom. The van der Waals surface area contributed by atoms with E-state index in [9.17, 15) is 4.39 Å². The van der Waals surface area contributed by atoms with Gasteiger partial charge in [0, 0.05) is 11.6 Å². The van der Waals surface area contributed by atoms with E-state index >= 15 is 0 Å². The molecule has 7 heteroatoms. The molecule has 4 rings (SSSR count). The highest BCUT2D eigenvalue weighted by Crippen LogP contribution is 2.23. The number of hydrogen-bond acceptors (Lipinski definition) is 6. The summed E-state index contributed by atoms with van der Waals surface area (Å²) in [5.74, 6) is 1.12. The van der Waals surface area contributed by atoms with Gasteiger partial charge >= 0.3 is 0 Å². The molecular formula is C17H16FN5O. The Labute approximate surface area is 138 Å². The lowest BCUT2D eigenvalue weighted by Gasteiger charge is -2.11. The zero-order chi connectivity index (χ0) is 16.4. The summed E-state index contributed by atoms with van der Waals surface area (Å²) in [4.78, 5) is 4.29. The van der Waals surface area contributed by atoms with Gasteiger partial charge < -0.3 is 9.84 Å². The van der Waals surface area contributed by atoms with Crippen molar-refractivity contribution in [1.82, 2.24) is 20.3 Å².